The minimum Gasteiger partial charge on any atom is -0.475 e. The van der Waals surface area contributed by atoms with Gasteiger partial charge < -0.3 is 9.72 Å². The second kappa shape index (κ2) is 9.31. The Morgan fingerprint density at radius 3 is 2.68 bits per heavy atom. The van der Waals surface area contributed by atoms with Crippen molar-refractivity contribution in [2.24, 2.45) is 5.92 Å². The topological polar surface area (TPSA) is 55.0 Å². The number of nitrogens with zero attached hydrogens (tertiary/aromatic N) is 1. The van der Waals surface area contributed by atoms with E-state index in [1.165, 1.54) is 5.56 Å². The van der Waals surface area contributed by atoms with E-state index in [1.54, 1.807) is 6.20 Å². The minimum atomic E-state index is -0.769. The van der Waals surface area contributed by atoms with E-state index in [0.29, 0.717) is 12.3 Å². The molecule has 0 saturated carbocycles. The number of nitrogens with one attached hydrogen (secondary N) is 1. The molecule has 1 heterocycles. The highest BCUT2D eigenvalue weighted by molar-refractivity contribution is 7.98. The Kier molecular flexibility index (Phi) is 6.51. The van der Waals surface area contributed by atoms with E-state index in [4.69, 9.17) is 4.74 Å². The average molecular weight is 435 g/mol. The summed E-state index contributed by atoms with van der Waals surface area (Å²) in [6.07, 6.45) is 6.06. The number of imidazole rings is 1. The van der Waals surface area contributed by atoms with Crippen molar-refractivity contribution in [3.63, 3.8) is 0 Å². The van der Waals surface area contributed by atoms with Crippen LogP contribution >= 0.6 is 11.8 Å². The number of ketones is 1. The van der Waals surface area contributed by atoms with Crippen molar-refractivity contribution in [1.29, 1.82) is 0 Å². The van der Waals surface area contributed by atoms with Crippen molar-refractivity contribution in [1.82, 2.24) is 9.97 Å². The summed E-state index contributed by atoms with van der Waals surface area (Å²) in [7, 11) is 0. The molecule has 0 unspecified atom stereocenters. The molecule has 0 saturated heterocycles. The molecule has 1 atom stereocenters. The standard InChI is InChI=1S/C26H30N2O2S/c1-18(2)16-31-17-22-20-10-7-11-23(29)21(20)12-13-24(22)30-26(3,25-27-14-15-28-25)19-8-5-4-6-9-19/h4-6,8-9,12-15,18H,7,10-11,16-17H2,1-3H3,(H,27,28)/t26-/m0/s1. The first-order valence-electron chi connectivity index (χ1n) is 11.0. The van der Waals surface area contributed by atoms with Crippen LogP contribution in [0.25, 0.3) is 0 Å². The lowest BCUT2D eigenvalue weighted by Crippen LogP contribution is -2.33. The van der Waals surface area contributed by atoms with Crippen LogP contribution in [0.4, 0.5) is 0 Å². The molecular formula is C26H30N2O2S. The van der Waals surface area contributed by atoms with Crippen LogP contribution in [0.1, 0.15) is 66.5 Å². The van der Waals surface area contributed by atoms with Crippen molar-refractivity contribution in [3.05, 3.63) is 82.9 Å². The van der Waals surface area contributed by atoms with E-state index in [-0.39, 0.29) is 5.78 Å². The first-order valence-corrected chi connectivity index (χ1v) is 12.1. The highest BCUT2D eigenvalue weighted by Crippen LogP contribution is 2.39. The summed E-state index contributed by atoms with van der Waals surface area (Å²) in [5.74, 6) is 4.38. The largest absolute Gasteiger partial charge is 0.475 e. The molecule has 3 aromatic rings. The lowest BCUT2D eigenvalue weighted by molar-refractivity contribution is 0.0971. The number of hydrogen-bond donors (Lipinski definition) is 1. The van der Waals surface area contributed by atoms with Gasteiger partial charge in [-0.3, -0.25) is 4.79 Å². The maximum absolute atomic E-state index is 12.6. The molecule has 1 aliphatic carbocycles. The third kappa shape index (κ3) is 4.57. The molecule has 0 amide bonds. The van der Waals surface area contributed by atoms with Crippen LogP contribution in [0.2, 0.25) is 0 Å². The second-order valence-electron chi connectivity index (χ2n) is 8.69. The number of ether oxygens (including phenoxy) is 1. The van der Waals surface area contributed by atoms with Crippen molar-refractivity contribution >= 4 is 17.5 Å². The van der Waals surface area contributed by atoms with Crippen LogP contribution in [-0.2, 0) is 17.8 Å². The number of rotatable bonds is 8. The number of benzene rings is 2. The summed E-state index contributed by atoms with van der Waals surface area (Å²) in [4.78, 5) is 20.3. The van der Waals surface area contributed by atoms with Gasteiger partial charge in [-0.2, -0.15) is 11.8 Å². The van der Waals surface area contributed by atoms with Crippen LogP contribution < -0.4 is 4.74 Å². The Labute approximate surface area is 188 Å². The number of aromatic nitrogens is 2. The molecule has 4 nitrogen and oxygen atoms in total. The summed E-state index contributed by atoms with van der Waals surface area (Å²) < 4.78 is 6.80. The third-order valence-electron chi connectivity index (χ3n) is 5.81. The molecule has 4 rings (SSSR count). The van der Waals surface area contributed by atoms with Crippen LogP contribution in [0, 0.1) is 5.92 Å². The number of carbonyl (C=O) groups excluding carboxylic acids is 1. The van der Waals surface area contributed by atoms with Crippen molar-refractivity contribution in [2.75, 3.05) is 5.75 Å². The van der Waals surface area contributed by atoms with Crippen LogP contribution in [0.15, 0.2) is 54.9 Å². The zero-order chi connectivity index (χ0) is 21.8. The maximum atomic E-state index is 12.6. The van der Waals surface area contributed by atoms with E-state index in [2.05, 4.69) is 42.9 Å². The molecule has 1 aliphatic rings. The number of hydrogen-bond acceptors (Lipinski definition) is 4. The van der Waals surface area contributed by atoms with E-state index in [9.17, 15) is 4.79 Å². The Balaban J connectivity index is 1.77. The van der Waals surface area contributed by atoms with E-state index < -0.39 is 5.60 Å². The van der Waals surface area contributed by atoms with Gasteiger partial charge in [0.15, 0.2) is 17.2 Å². The van der Waals surface area contributed by atoms with Crippen LogP contribution in [0.3, 0.4) is 0 Å². The fraction of sp³-hybridized carbons (Fsp3) is 0.385. The highest BCUT2D eigenvalue weighted by atomic mass is 32.2. The van der Waals surface area contributed by atoms with Gasteiger partial charge in [-0.25, -0.2) is 4.98 Å². The van der Waals surface area contributed by atoms with E-state index in [0.717, 1.165) is 52.6 Å². The Morgan fingerprint density at radius 2 is 1.97 bits per heavy atom. The Bertz CT molecular complexity index is 1030. The Morgan fingerprint density at radius 1 is 1.16 bits per heavy atom. The maximum Gasteiger partial charge on any atom is 0.188 e. The zero-order valence-electron chi connectivity index (χ0n) is 18.5. The fourth-order valence-electron chi connectivity index (χ4n) is 4.18. The van der Waals surface area contributed by atoms with Gasteiger partial charge >= 0.3 is 0 Å². The molecule has 0 fully saturated rings. The number of H-pyrrole nitrogens is 1. The SMILES string of the molecule is CC(C)CSCc1c(O[C@@](C)(c2ccccc2)c2ncc[nH]2)ccc2c1CCCC2=O. The van der Waals surface area contributed by atoms with Gasteiger partial charge in [-0.15, -0.1) is 0 Å². The highest BCUT2D eigenvalue weighted by Gasteiger charge is 2.35. The van der Waals surface area contributed by atoms with E-state index in [1.807, 2.05) is 48.3 Å². The van der Waals surface area contributed by atoms with E-state index >= 15 is 0 Å². The van der Waals surface area contributed by atoms with Gasteiger partial charge in [0.25, 0.3) is 0 Å². The molecule has 2 aromatic carbocycles. The molecule has 5 heteroatoms. The normalized spacial score (nSPS) is 15.5. The van der Waals surface area contributed by atoms with Gasteiger partial charge in [0.05, 0.1) is 0 Å². The molecule has 0 spiro atoms. The smallest absolute Gasteiger partial charge is 0.188 e. The summed E-state index contributed by atoms with van der Waals surface area (Å²) in [6.45, 7) is 6.52. The van der Waals surface area contributed by atoms with Crippen LogP contribution in [0.5, 0.6) is 5.75 Å². The van der Waals surface area contributed by atoms with Gasteiger partial charge in [-0.05, 0) is 49.1 Å². The van der Waals surface area contributed by atoms with Crippen molar-refractivity contribution in [2.45, 2.75) is 51.4 Å². The summed E-state index contributed by atoms with van der Waals surface area (Å²) in [5, 5.41) is 0. The first kappa shape index (κ1) is 21.7. The zero-order valence-corrected chi connectivity index (χ0v) is 19.3. The summed E-state index contributed by atoms with van der Waals surface area (Å²) in [6, 6.07) is 14.1. The molecule has 31 heavy (non-hydrogen) atoms. The first-order chi connectivity index (χ1) is 15.0. The van der Waals surface area contributed by atoms with Gasteiger partial charge in [0, 0.05) is 41.3 Å². The van der Waals surface area contributed by atoms with Gasteiger partial charge in [0.1, 0.15) is 5.75 Å². The number of carbonyl (C=O) groups is 1. The number of thioether (sulfide) groups is 1. The lowest BCUT2D eigenvalue weighted by atomic mass is 9.87. The molecule has 1 N–H and O–H groups in total. The molecular weight excluding hydrogens is 404 g/mol. The number of fused-ring (bicyclic) bond motifs is 1. The predicted octanol–water partition coefficient (Wildman–Crippen LogP) is 6.16. The third-order valence-corrected chi connectivity index (χ3v) is 7.20. The van der Waals surface area contributed by atoms with Gasteiger partial charge in [0.2, 0.25) is 0 Å². The molecule has 0 radical (unpaired) electrons. The minimum absolute atomic E-state index is 0.250. The van der Waals surface area contributed by atoms with Crippen molar-refractivity contribution in [3.8, 4) is 5.75 Å². The monoisotopic (exact) mass is 434 g/mol. The number of Topliss-reactive ketones (excluding diaryl/α,β-unsaturated/α-hetero) is 1. The molecule has 0 aliphatic heterocycles. The summed E-state index contributed by atoms with van der Waals surface area (Å²) in [5.41, 5.74) is 3.46. The van der Waals surface area contributed by atoms with Crippen molar-refractivity contribution < 1.29 is 9.53 Å². The van der Waals surface area contributed by atoms with Gasteiger partial charge in [-0.1, -0.05) is 44.2 Å². The average Bonchev–Trinajstić information content (AvgIpc) is 3.31. The fourth-order valence-corrected chi connectivity index (χ4v) is 5.29. The lowest BCUT2D eigenvalue weighted by Gasteiger charge is -2.32. The second-order valence-corrected chi connectivity index (χ2v) is 9.72. The number of aromatic amines is 1. The Hall–Kier alpha value is -2.53. The quantitative estimate of drug-likeness (QED) is 0.461. The molecule has 0 bridgehead atoms. The molecule has 162 valence electrons. The molecule has 1 aromatic heterocycles. The van der Waals surface area contributed by atoms with Crippen LogP contribution in [-0.4, -0.2) is 21.5 Å². The summed E-state index contributed by atoms with van der Waals surface area (Å²) >= 11 is 1.91. The predicted molar refractivity (Wildman–Crippen MR) is 127 cm³/mol.